The van der Waals surface area contributed by atoms with E-state index in [1.165, 1.54) is 0 Å². The van der Waals surface area contributed by atoms with Gasteiger partial charge >= 0.3 is 17.9 Å². The highest BCUT2D eigenvalue weighted by Crippen LogP contribution is 2.23. The van der Waals surface area contributed by atoms with E-state index in [1.807, 2.05) is 0 Å². The van der Waals surface area contributed by atoms with Crippen molar-refractivity contribution in [3.8, 4) is 0 Å². The molecule has 0 N–H and O–H groups in total. The van der Waals surface area contributed by atoms with Gasteiger partial charge in [0.05, 0.1) is 48.4 Å². The van der Waals surface area contributed by atoms with Crippen LogP contribution >= 0.6 is 0 Å². The van der Waals surface area contributed by atoms with Gasteiger partial charge < -0.3 is 14.2 Å². The van der Waals surface area contributed by atoms with Gasteiger partial charge in [-0.3, -0.25) is 4.98 Å². The number of nitrogens with zero attached hydrogens (tertiary/aromatic N) is 1. The van der Waals surface area contributed by atoms with E-state index in [9.17, 15) is 14.4 Å². The highest BCUT2D eigenvalue weighted by Gasteiger charge is 2.31. The second-order valence-corrected chi connectivity index (χ2v) is 4.34. The minimum atomic E-state index is -0.820. The third-order valence-electron chi connectivity index (χ3n) is 2.91. The number of hydrogen-bond donors (Lipinski definition) is 0. The van der Waals surface area contributed by atoms with Crippen LogP contribution in [0.15, 0.2) is 0 Å². The van der Waals surface area contributed by atoms with E-state index in [0.717, 1.165) is 7.11 Å². The van der Waals surface area contributed by atoms with Crippen molar-refractivity contribution < 1.29 is 28.6 Å². The Balaban J connectivity index is 3.68. The number of pyridine rings is 1. The first-order valence-corrected chi connectivity index (χ1v) is 6.82. The van der Waals surface area contributed by atoms with E-state index in [4.69, 9.17) is 14.2 Å². The van der Waals surface area contributed by atoms with Gasteiger partial charge in [0.2, 0.25) is 0 Å². The maximum absolute atomic E-state index is 12.1. The van der Waals surface area contributed by atoms with Crippen molar-refractivity contribution in [3.05, 3.63) is 28.1 Å². The minimum Gasteiger partial charge on any atom is -0.465 e. The molecule has 0 aliphatic heterocycles. The first-order chi connectivity index (χ1) is 10.4. The Labute approximate surface area is 128 Å². The summed E-state index contributed by atoms with van der Waals surface area (Å²) in [6.45, 7) is 6.64. The molecule has 0 fully saturated rings. The number of aromatic nitrogens is 1. The van der Waals surface area contributed by atoms with Gasteiger partial charge in [-0.2, -0.15) is 0 Å². The normalized spacial score (nSPS) is 10.0. The molecule has 0 aliphatic carbocycles. The molecule has 0 bridgehead atoms. The smallest absolute Gasteiger partial charge is 0.340 e. The molecule has 0 unspecified atom stereocenters. The maximum atomic E-state index is 12.1. The zero-order chi connectivity index (χ0) is 16.9. The van der Waals surface area contributed by atoms with Gasteiger partial charge in [0, 0.05) is 0 Å². The number of aryl methyl sites for hydroxylation is 2. The number of methoxy groups -OCH3 is 1. The summed E-state index contributed by atoms with van der Waals surface area (Å²) in [5, 5.41) is 0. The van der Waals surface area contributed by atoms with Crippen LogP contribution in [0.25, 0.3) is 0 Å². The second kappa shape index (κ2) is 7.53. The highest BCUT2D eigenvalue weighted by molar-refractivity contribution is 6.11. The van der Waals surface area contributed by atoms with Crippen molar-refractivity contribution in [2.45, 2.75) is 27.7 Å². The Morgan fingerprint density at radius 3 is 1.55 bits per heavy atom. The van der Waals surface area contributed by atoms with Crippen molar-refractivity contribution in [3.63, 3.8) is 0 Å². The summed E-state index contributed by atoms with van der Waals surface area (Å²) in [4.78, 5) is 40.5. The molecule has 0 aliphatic rings. The lowest BCUT2D eigenvalue weighted by Gasteiger charge is -2.15. The van der Waals surface area contributed by atoms with E-state index >= 15 is 0 Å². The summed E-state index contributed by atoms with van der Waals surface area (Å²) in [5.41, 5.74) is 0.225. The van der Waals surface area contributed by atoms with Gasteiger partial charge in [-0.05, 0) is 27.7 Å². The molecule has 0 aromatic carbocycles. The Hall–Kier alpha value is -2.44. The van der Waals surface area contributed by atoms with Crippen molar-refractivity contribution in [2.75, 3.05) is 20.3 Å². The van der Waals surface area contributed by atoms with Crippen LogP contribution < -0.4 is 0 Å². The van der Waals surface area contributed by atoms with Crippen molar-refractivity contribution in [2.24, 2.45) is 0 Å². The Morgan fingerprint density at radius 1 is 0.818 bits per heavy atom. The number of carbonyl (C=O) groups excluding carboxylic acids is 3. The van der Waals surface area contributed by atoms with Gasteiger partial charge in [0.25, 0.3) is 0 Å². The van der Waals surface area contributed by atoms with Gasteiger partial charge in [0.1, 0.15) is 0 Å². The summed E-state index contributed by atoms with van der Waals surface area (Å²) in [7, 11) is 1.16. The number of hydrogen-bond acceptors (Lipinski definition) is 7. The minimum absolute atomic E-state index is 0.0812. The number of rotatable bonds is 5. The maximum Gasteiger partial charge on any atom is 0.340 e. The molecule has 120 valence electrons. The predicted octanol–water partition coefficient (Wildman–Crippen LogP) is 1.84. The lowest BCUT2D eigenvalue weighted by molar-refractivity contribution is 0.0484. The standard InChI is InChI=1S/C15H19NO6/c1-6-21-14(18)10-8(3)16-9(4)11(15(19)22-7-2)12(10)13(17)20-5/h6-7H2,1-5H3. The topological polar surface area (TPSA) is 91.8 Å². The van der Waals surface area contributed by atoms with Crippen LogP contribution in [0.5, 0.6) is 0 Å². The van der Waals surface area contributed by atoms with Crippen LogP contribution in [-0.4, -0.2) is 43.2 Å². The summed E-state index contributed by atoms with van der Waals surface area (Å²) >= 11 is 0. The Bertz CT molecular complexity index is 566. The molecule has 0 amide bonds. The summed E-state index contributed by atoms with van der Waals surface area (Å²) in [6.07, 6.45) is 0. The van der Waals surface area contributed by atoms with Crippen molar-refractivity contribution >= 4 is 17.9 Å². The molecule has 0 atom stereocenters. The zero-order valence-electron chi connectivity index (χ0n) is 13.3. The van der Waals surface area contributed by atoms with Gasteiger partial charge in [0.15, 0.2) is 0 Å². The van der Waals surface area contributed by atoms with Crippen LogP contribution in [0.1, 0.15) is 56.3 Å². The number of ether oxygens (including phenoxy) is 3. The van der Waals surface area contributed by atoms with E-state index < -0.39 is 17.9 Å². The van der Waals surface area contributed by atoms with Crippen molar-refractivity contribution in [1.29, 1.82) is 0 Å². The molecule has 1 aromatic rings. The predicted molar refractivity (Wildman–Crippen MR) is 77.0 cm³/mol. The quantitative estimate of drug-likeness (QED) is 0.605. The molecule has 22 heavy (non-hydrogen) atoms. The molecule has 0 saturated carbocycles. The van der Waals surface area contributed by atoms with E-state index in [2.05, 4.69) is 4.98 Å². The van der Waals surface area contributed by atoms with Crippen LogP contribution in [0.4, 0.5) is 0 Å². The third-order valence-corrected chi connectivity index (χ3v) is 2.91. The molecule has 7 heteroatoms. The first kappa shape index (κ1) is 17.6. The van der Waals surface area contributed by atoms with E-state index in [1.54, 1.807) is 27.7 Å². The first-order valence-electron chi connectivity index (χ1n) is 6.82. The third kappa shape index (κ3) is 3.41. The Kier molecular flexibility index (Phi) is 6.03. The highest BCUT2D eigenvalue weighted by atomic mass is 16.5. The molecule has 1 rings (SSSR count). The Morgan fingerprint density at radius 2 is 1.23 bits per heavy atom. The largest absolute Gasteiger partial charge is 0.465 e. The fourth-order valence-electron chi connectivity index (χ4n) is 2.06. The van der Waals surface area contributed by atoms with Gasteiger partial charge in [-0.1, -0.05) is 0 Å². The monoisotopic (exact) mass is 309 g/mol. The molecule has 0 spiro atoms. The van der Waals surface area contributed by atoms with Gasteiger partial charge in [-0.15, -0.1) is 0 Å². The summed E-state index contributed by atoms with van der Waals surface area (Å²) in [6, 6.07) is 0. The van der Waals surface area contributed by atoms with Crippen LogP contribution in [0.2, 0.25) is 0 Å². The molecular formula is C15H19NO6. The fourth-order valence-corrected chi connectivity index (χ4v) is 2.06. The average Bonchev–Trinajstić information content (AvgIpc) is 2.45. The van der Waals surface area contributed by atoms with Crippen LogP contribution in [0, 0.1) is 13.8 Å². The fraction of sp³-hybridized carbons (Fsp3) is 0.467. The van der Waals surface area contributed by atoms with Crippen molar-refractivity contribution in [1.82, 2.24) is 4.98 Å². The average molecular weight is 309 g/mol. The number of carbonyl (C=O) groups is 3. The number of esters is 3. The molecule has 0 radical (unpaired) electrons. The SMILES string of the molecule is CCOC(=O)c1c(C)nc(C)c(C(=O)OCC)c1C(=O)OC. The lowest BCUT2D eigenvalue weighted by Crippen LogP contribution is -2.23. The van der Waals surface area contributed by atoms with Gasteiger partial charge in [-0.25, -0.2) is 14.4 Å². The molecule has 1 heterocycles. The summed E-state index contributed by atoms with van der Waals surface area (Å²) in [5.74, 6) is -2.29. The molecule has 7 nitrogen and oxygen atoms in total. The van der Waals surface area contributed by atoms with E-state index in [0.29, 0.717) is 0 Å². The molecular weight excluding hydrogens is 290 g/mol. The molecule has 1 aromatic heterocycles. The summed E-state index contributed by atoms with van der Waals surface area (Å²) < 4.78 is 14.6. The lowest BCUT2D eigenvalue weighted by atomic mass is 9.98. The van der Waals surface area contributed by atoms with E-state index in [-0.39, 0.29) is 41.3 Å². The van der Waals surface area contributed by atoms with Crippen LogP contribution in [0.3, 0.4) is 0 Å². The second-order valence-electron chi connectivity index (χ2n) is 4.34. The van der Waals surface area contributed by atoms with Crippen LogP contribution in [-0.2, 0) is 14.2 Å². The zero-order valence-corrected chi connectivity index (χ0v) is 13.3. The molecule has 0 saturated heterocycles.